The molecule has 128 valence electrons. The van der Waals surface area contributed by atoms with Crippen LogP contribution in [-0.2, 0) is 10.0 Å². The molecule has 1 aromatic carbocycles. The van der Waals surface area contributed by atoms with Crippen molar-refractivity contribution in [3.8, 4) is 0 Å². The number of piperazine rings is 1. The van der Waals surface area contributed by atoms with Gasteiger partial charge in [-0.25, -0.2) is 8.42 Å². The Morgan fingerprint density at radius 1 is 0.958 bits per heavy atom. The summed E-state index contributed by atoms with van der Waals surface area (Å²) in [6.45, 7) is 5.35. The summed E-state index contributed by atoms with van der Waals surface area (Å²) in [4.78, 5) is 15.2. The second-order valence-corrected chi connectivity index (χ2v) is 9.38. The molecule has 1 fully saturated rings. The van der Waals surface area contributed by atoms with Gasteiger partial charge >= 0.3 is 0 Å². The Kier molecular flexibility index (Phi) is 4.76. The lowest BCUT2D eigenvalue weighted by Crippen LogP contribution is -2.50. The van der Waals surface area contributed by atoms with Crippen LogP contribution in [0.15, 0.2) is 40.6 Å². The minimum Gasteiger partial charge on any atom is -0.336 e. The van der Waals surface area contributed by atoms with E-state index in [9.17, 15) is 13.2 Å². The van der Waals surface area contributed by atoms with Crippen molar-refractivity contribution in [2.75, 3.05) is 26.2 Å². The van der Waals surface area contributed by atoms with E-state index in [0.717, 1.165) is 10.4 Å². The van der Waals surface area contributed by atoms with E-state index < -0.39 is 10.0 Å². The van der Waals surface area contributed by atoms with Gasteiger partial charge in [-0.2, -0.15) is 4.31 Å². The molecule has 0 bridgehead atoms. The molecule has 24 heavy (non-hydrogen) atoms. The van der Waals surface area contributed by atoms with Gasteiger partial charge < -0.3 is 4.90 Å². The highest BCUT2D eigenvalue weighted by molar-refractivity contribution is 7.91. The van der Waals surface area contributed by atoms with Gasteiger partial charge in [0.15, 0.2) is 0 Å². The number of carbonyl (C=O) groups excluding carboxylic acids is 1. The van der Waals surface area contributed by atoms with Gasteiger partial charge in [0.1, 0.15) is 4.21 Å². The number of amides is 1. The Bertz CT molecular complexity index is 833. The van der Waals surface area contributed by atoms with Crippen molar-refractivity contribution in [2.45, 2.75) is 18.1 Å². The Balaban J connectivity index is 1.67. The predicted molar refractivity (Wildman–Crippen MR) is 94.9 cm³/mol. The van der Waals surface area contributed by atoms with Crippen LogP contribution in [0.1, 0.15) is 20.8 Å². The van der Waals surface area contributed by atoms with E-state index in [4.69, 9.17) is 0 Å². The quantitative estimate of drug-likeness (QED) is 0.841. The number of benzene rings is 1. The molecule has 1 aromatic heterocycles. The summed E-state index contributed by atoms with van der Waals surface area (Å²) in [5.41, 5.74) is 1.75. The third kappa shape index (κ3) is 3.38. The first kappa shape index (κ1) is 17.1. The van der Waals surface area contributed by atoms with Gasteiger partial charge in [-0.05, 0) is 38.1 Å². The number of rotatable bonds is 3. The van der Waals surface area contributed by atoms with Crippen molar-refractivity contribution in [1.82, 2.24) is 9.21 Å². The molecule has 0 N–H and O–H groups in total. The summed E-state index contributed by atoms with van der Waals surface area (Å²) >= 11 is 1.28. The third-order valence-electron chi connectivity index (χ3n) is 4.13. The number of aryl methyl sites for hydroxylation is 2. The minimum atomic E-state index is -3.45. The molecule has 0 saturated carbocycles. The van der Waals surface area contributed by atoms with Gasteiger partial charge in [-0.15, -0.1) is 11.3 Å². The highest BCUT2D eigenvalue weighted by atomic mass is 32.2. The Hall–Kier alpha value is -1.70. The third-order valence-corrected chi connectivity index (χ3v) is 7.50. The number of carbonyl (C=O) groups is 1. The zero-order valence-corrected chi connectivity index (χ0v) is 15.4. The second-order valence-electron chi connectivity index (χ2n) is 5.93. The number of sulfonamides is 1. The smallest absolute Gasteiger partial charge is 0.253 e. The number of hydrogen-bond acceptors (Lipinski definition) is 4. The minimum absolute atomic E-state index is 0.0426. The fraction of sp³-hybridized carbons (Fsp3) is 0.353. The van der Waals surface area contributed by atoms with Gasteiger partial charge in [-0.1, -0.05) is 17.7 Å². The lowest BCUT2D eigenvalue weighted by Gasteiger charge is -2.33. The molecule has 0 radical (unpaired) electrons. The maximum absolute atomic E-state index is 12.6. The molecule has 1 aliphatic heterocycles. The van der Waals surface area contributed by atoms with Crippen LogP contribution >= 0.6 is 11.3 Å². The molecule has 1 aliphatic rings. The topological polar surface area (TPSA) is 57.7 Å². The summed E-state index contributed by atoms with van der Waals surface area (Å²) in [5, 5.41) is 0. The fourth-order valence-electron chi connectivity index (χ4n) is 2.69. The predicted octanol–water partition coefficient (Wildman–Crippen LogP) is 2.51. The summed E-state index contributed by atoms with van der Waals surface area (Å²) in [6, 6.07) is 10.9. The summed E-state index contributed by atoms with van der Waals surface area (Å²) in [7, 11) is -3.45. The van der Waals surface area contributed by atoms with E-state index >= 15 is 0 Å². The van der Waals surface area contributed by atoms with Crippen LogP contribution in [-0.4, -0.2) is 49.7 Å². The lowest BCUT2D eigenvalue weighted by molar-refractivity contribution is 0.0698. The van der Waals surface area contributed by atoms with Gasteiger partial charge in [-0.3, -0.25) is 4.79 Å². The monoisotopic (exact) mass is 364 g/mol. The summed E-state index contributed by atoms with van der Waals surface area (Å²) < 4.78 is 27.1. The Morgan fingerprint density at radius 3 is 2.12 bits per heavy atom. The van der Waals surface area contributed by atoms with Gasteiger partial charge in [0.25, 0.3) is 15.9 Å². The Labute approximate surface area is 146 Å². The van der Waals surface area contributed by atoms with Crippen LogP contribution in [0.3, 0.4) is 0 Å². The van der Waals surface area contributed by atoms with Crippen LogP contribution in [0, 0.1) is 13.8 Å². The molecule has 3 rings (SSSR count). The number of hydrogen-bond donors (Lipinski definition) is 0. The summed E-state index contributed by atoms with van der Waals surface area (Å²) in [6.07, 6.45) is 0. The van der Waals surface area contributed by atoms with Gasteiger partial charge in [0.2, 0.25) is 0 Å². The SMILES string of the molecule is Cc1ccc(C(=O)N2CCN(S(=O)(=O)c3ccc(C)s3)CC2)cc1. The maximum atomic E-state index is 12.6. The van der Waals surface area contributed by atoms with Crippen LogP contribution in [0.5, 0.6) is 0 Å². The first-order chi connectivity index (χ1) is 11.4. The van der Waals surface area contributed by atoms with E-state index in [-0.39, 0.29) is 5.91 Å². The molecule has 5 nitrogen and oxygen atoms in total. The van der Waals surface area contributed by atoms with Gasteiger partial charge in [0.05, 0.1) is 0 Å². The molecule has 7 heteroatoms. The zero-order valence-electron chi connectivity index (χ0n) is 13.7. The molecule has 1 saturated heterocycles. The van der Waals surface area contributed by atoms with Crippen molar-refractivity contribution in [3.63, 3.8) is 0 Å². The zero-order chi connectivity index (χ0) is 17.3. The summed E-state index contributed by atoms with van der Waals surface area (Å²) in [5.74, 6) is -0.0426. The molecule has 0 unspecified atom stereocenters. The second kappa shape index (κ2) is 6.66. The maximum Gasteiger partial charge on any atom is 0.253 e. The molecular weight excluding hydrogens is 344 g/mol. The van der Waals surface area contributed by atoms with Crippen LogP contribution in [0.2, 0.25) is 0 Å². The van der Waals surface area contributed by atoms with Crippen LogP contribution in [0.25, 0.3) is 0 Å². The van der Waals surface area contributed by atoms with E-state index in [1.807, 2.05) is 44.2 Å². The number of thiophene rings is 1. The lowest BCUT2D eigenvalue weighted by atomic mass is 10.1. The van der Waals surface area contributed by atoms with Crippen molar-refractivity contribution >= 4 is 27.3 Å². The fourth-order valence-corrected chi connectivity index (χ4v) is 5.55. The van der Waals surface area contributed by atoms with E-state index in [2.05, 4.69) is 0 Å². The highest BCUT2D eigenvalue weighted by Gasteiger charge is 2.31. The van der Waals surface area contributed by atoms with Crippen molar-refractivity contribution < 1.29 is 13.2 Å². The largest absolute Gasteiger partial charge is 0.336 e. The molecular formula is C17H20N2O3S2. The molecule has 2 aromatic rings. The average molecular weight is 364 g/mol. The normalized spacial score (nSPS) is 16.3. The van der Waals surface area contributed by atoms with Crippen LogP contribution in [0.4, 0.5) is 0 Å². The molecule has 0 atom stereocenters. The van der Waals surface area contributed by atoms with Gasteiger partial charge in [0, 0.05) is 36.6 Å². The molecule has 2 heterocycles. The van der Waals surface area contributed by atoms with E-state index in [1.165, 1.54) is 15.6 Å². The van der Waals surface area contributed by atoms with Crippen LogP contribution < -0.4 is 0 Å². The average Bonchev–Trinajstić information content (AvgIpc) is 3.02. The molecule has 1 amide bonds. The van der Waals surface area contributed by atoms with Crippen molar-refractivity contribution in [1.29, 1.82) is 0 Å². The van der Waals surface area contributed by atoms with E-state index in [0.29, 0.717) is 36.0 Å². The molecule has 0 aliphatic carbocycles. The first-order valence-corrected chi connectivity index (χ1v) is 10.1. The van der Waals surface area contributed by atoms with Crippen molar-refractivity contribution in [3.05, 3.63) is 52.4 Å². The molecule has 0 spiro atoms. The highest BCUT2D eigenvalue weighted by Crippen LogP contribution is 2.25. The Morgan fingerprint density at radius 2 is 1.58 bits per heavy atom. The van der Waals surface area contributed by atoms with Crippen molar-refractivity contribution in [2.24, 2.45) is 0 Å². The standard InChI is InChI=1S/C17H20N2O3S2/c1-13-3-6-15(7-4-13)17(20)18-9-11-19(12-10-18)24(21,22)16-8-5-14(2)23-16/h3-8H,9-12H2,1-2H3. The number of nitrogens with zero attached hydrogens (tertiary/aromatic N) is 2. The van der Waals surface area contributed by atoms with E-state index in [1.54, 1.807) is 11.0 Å². The first-order valence-electron chi connectivity index (χ1n) is 7.80.